The summed E-state index contributed by atoms with van der Waals surface area (Å²) in [7, 11) is 0. The minimum Gasteiger partial charge on any atom is -0.364 e. The Morgan fingerprint density at radius 1 is 1.05 bits per heavy atom. The second-order valence-corrected chi connectivity index (χ2v) is 4.66. The molecule has 0 unspecified atom stereocenters. The van der Waals surface area contributed by atoms with E-state index in [1.165, 1.54) is 6.07 Å². The maximum Gasteiger partial charge on any atom is 0.252 e. The lowest BCUT2D eigenvalue weighted by Gasteiger charge is -2.06. The van der Waals surface area contributed by atoms with Crippen LogP contribution in [0.1, 0.15) is 5.56 Å². The van der Waals surface area contributed by atoms with Crippen molar-refractivity contribution in [2.75, 3.05) is 5.32 Å². The quantitative estimate of drug-likeness (QED) is 0.776. The first kappa shape index (κ1) is 13.9. The molecule has 110 valence electrons. The minimum atomic E-state index is -0.340. The van der Waals surface area contributed by atoms with Gasteiger partial charge in [0, 0.05) is 23.9 Å². The fourth-order valence-corrected chi connectivity index (χ4v) is 2.02. The van der Waals surface area contributed by atoms with Crippen LogP contribution in [0.3, 0.4) is 0 Å². The average Bonchev–Trinajstić information content (AvgIpc) is 2.55. The summed E-state index contributed by atoms with van der Waals surface area (Å²) in [6.45, 7) is 0.337. The number of H-pyrrole nitrogens is 1. The molecule has 6 heteroatoms. The van der Waals surface area contributed by atoms with Crippen molar-refractivity contribution in [1.82, 2.24) is 15.2 Å². The Morgan fingerprint density at radius 3 is 2.64 bits per heavy atom. The molecule has 3 aromatic rings. The van der Waals surface area contributed by atoms with Crippen LogP contribution in [0.4, 0.5) is 10.2 Å². The molecule has 1 aromatic carbocycles. The Kier molecular flexibility index (Phi) is 3.91. The molecule has 2 heterocycles. The number of pyridine rings is 1. The molecule has 0 aliphatic heterocycles. The van der Waals surface area contributed by atoms with Crippen molar-refractivity contribution in [3.63, 3.8) is 0 Å². The topological polar surface area (TPSA) is 70.7 Å². The van der Waals surface area contributed by atoms with E-state index in [2.05, 4.69) is 20.5 Å². The Labute approximate surface area is 125 Å². The van der Waals surface area contributed by atoms with Crippen molar-refractivity contribution in [2.45, 2.75) is 6.54 Å². The highest BCUT2D eigenvalue weighted by Crippen LogP contribution is 2.20. The van der Waals surface area contributed by atoms with Gasteiger partial charge in [-0.2, -0.15) is 0 Å². The number of anilines is 1. The van der Waals surface area contributed by atoms with Crippen LogP contribution in [0.25, 0.3) is 11.3 Å². The lowest BCUT2D eigenvalue weighted by molar-refractivity contribution is 0.630. The smallest absolute Gasteiger partial charge is 0.252 e. The fraction of sp³-hybridized carbons (Fsp3) is 0.0625. The van der Waals surface area contributed by atoms with Crippen LogP contribution >= 0.6 is 0 Å². The van der Waals surface area contributed by atoms with Gasteiger partial charge in [-0.15, -0.1) is 10.2 Å². The van der Waals surface area contributed by atoms with Crippen molar-refractivity contribution in [2.24, 2.45) is 0 Å². The molecule has 0 amide bonds. The monoisotopic (exact) mass is 296 g/mol. The zero-order chi connectivity index (χ0) is 15.4. The van der Waals surface area contributed by atoms with Crippen molar-refractivity contribution in [3.8, 4) is 11.3 Å². The van der Waals surface area contributed by atoms with Gasteiger partial charge in [0.1, 0.15) is 11.6 Å². The van der Waals surface area contributed by atoms with Crippen LogP contribution in [0, 0.1) is 5.82 Å². The molecule has 0 aliphatic rings. The second-order valence-electron chi connectivity index (χ2n) is 4.66. The molecule has 0 saturated carbocycles. The summed E-state index contributed by atoms with van der Waals surface area (Å²) in [5, 5.41) is 11.0. The van der Waals surface area contributed by atoms with Gasteiger partial charge in [0.25, 0.3) is 5.56 Å². The number of hydrogen-bond acceptors (Lipinski definition) is 4. The summed E-state index contributed by atoms with van der Waals surface area (Å²) >= 11 is 0. The summed E-state index contributed by atoms with van der Waals surface area (Å²) in [5.41, 5.74) is 1.32. The van der Waals surface area contributed by atoms with Gasteiger partial charge in [-0.25, -0.2) is 4.39 Å². The Hall–Kier alpha value is -3.02. The van der Waals surface area contributed by atoms with Crippen molar-refractivity contribution in [1.29, 1.82) is 0 Å². The number of nitrogens with one attached hydrogen (secondary N) is 2. The van der Waals surface area contributed by atoms with E-state index in [-0.39, 0.29) is 11.4 Å². The molecule has 0 atom stereocenters. The summed E-state index contributed by atoms with van der Waals surface area (Å²) in [5.74, 6) is 0.177. The Morgan fingerprint density at radius 2 is 1.91 bits per heavy atom. The number of nitrogens with zero attached hydrogens (tertiary/aromatic N) is 2. The van der Waals surface area contributed by atoms with Gasteiger partial charge >= 0.3 is 0 Å². The summed E-state index contributed by atoms with van der Waals surface area (Å²) in [4.78, 5) is 14.1. The SMILES string of the molecule is O=c1[nH]cccc1CNc1ccc(-c2ccccc2F)nn1. The number of aromatic amines is 1. The normalized spacial score (nSPS) is 10.4. The average molecular weight is 296 g/mol. The summed E-state index contributed by atoms with van der Waals surface area (Å²) < 4.78 is 13.7. The van der Waals surface area contributed by atoms with Crippen LogP contribution in [-0.4, -0.2) is 15.2 Å². The van der Waals surface area contributed by atoms with E-state index in [1.807, 2.05) is 0 Å². The minimum absolute atomic E-state index is 0.147. The molecule has 0 bridgehead atoms. The third-order valence-corrected chi connectivity index (χ3v) is 3.17. The van der Waals surface area contributed by atoms with Gasteiger partial charge in [0.2, 0.25) is 0 Å². The van der Waals surface area contributed by atoms with Gasteiger partial charge in [-0.05, 0) is 30.3 Å². The van der Waals surface area contributed by atoms with Crippen LogP contribution in [0.2, 0.25) is 0 Å². The highest BCUT2D eigenvalue weighted by molar-refractivity contribution is 5.60. The van der Waals surface area contributed by atoms with Gasteiger partial charge in [-0.1, -0.05) is 18.2 Å². The maximum atomic E-state index is 13.7. The molecular formula is C16H13FN4O. The third kappa shape index (κ3) is 3.01. The van der Waals surface area contributed by atoms with E-state index in [1.54, 1.807) is 48.7 Å². The Bertz CT molecular complexity index is 830. The number of halogens is 1. The molecule has 0 spiro atoms. The molecule has 0 saturated heterocycles. The number of benzene rings is 1. The highest BCUT2D eigenvalue weighted by Gasteiger charge is 2.06. The predicted molar refractivity (Wildman–Crippen MR) is 81.8 cm³/mol. The van der Waals surface area contributed by atoms with E-state index >= 15 is 0 Å². The molecule has 5 nitrogen and oxygen atoms in total. The van der Waals surface area contributed by atoms with E-state index in [9.17, 15) is 9.18 Å². The first-order chi connectivity index (χ1) is 10.7. The lowest BCUT2D eigenvalue weighted by Crippen LogP contribution is -2.15. The van der Waals surface area contributed by atoms with Gasteiger partial charge in [0.05, 0.1) is 5.69 Å². The van der Waals surface area contributed by atoms with Crippen LogP contribution < -0.4 is 10.9 Å². The van der Waals surface area contributed by atoms with Crippen LogP contribution in [0.15, 0.2) is 59.5 Å². The van der Waals surface area contributed by atoms with Gasteiger partial charge in [0.15, 0.2) is 0 Å². The predicted octanol–water partition coefficient (Wildman–Crippen LogP) is 2.58. The third-order valence-electron chi connectivity index (χ3n) is 3.17. The van der Waals surface area contributed by atoms with Crippen LogP contribution in [0.5, 0.6) is 0 Å². The molecule has 0 aliphatic carbocycles. The highest BCUT2D eigenvalue weighted by atomic mass is 19.1. The number of aromatic nitrogens is 3. The van der Waals surface area contributed by atoms with Crippen molar-refractivity contribution < 1.29 is 4.39 Å². The van der Waals surface area contributed by atoms with Crippen molar-refractivity contribution in [3.05, 3.63) is 76.5 Å². The molecular weight excluding hydrogens is 283 g/mol. The summed E-state index contributed by atoms with van der Waals surface area (Å²) in [6.07, 6.45) is 1.58. The molecule has 3 rings (SSSR count). The molecule has 0 fully saturated rings. The van der Waals surface area contributed by atoms with E-state index in [0.717, 1.165) is 0 Å². The van der Waals surface area contributed by atoms with Crippen LogP contribution in [-0.2, 0) is 6.54 Å². The molecule has 2 N–H and O–H groups in total. The van der Waals surface area contributed by atoms with E-state index < -0.39 is 0 Å². The standard InChI is InChI=1S/C16H13FN4O/c17-13-6-2-1-5-12(13)14-7-8-15(21-20-14)19-10-11-4-3-9-18-16(11)22/h1-9H,10H2,(H,18,22)(H,19,21). The molecule has 0 radical (unpaired) electrons. The van der Waals surface area contributed by atoms with E-state index in [4.69, 9.17) is 0 Å². The largest absolute Gasteiger partial charge is 0.364 e. The van der Waals surface area contributed by atoms with Crippen molar-refractivity contribution >= 4 is 5.82 Å². The van der Waals surface area contributed by atoms with Gasteiger partial charge < -0.3 is 10.3 Å². The Balaban J connectivity index is 1.74. The molecule has 22 heavy (non-hydrogen) atoms. The first-order valence-electron chi connectivity index (χ1n) is 6.73. The summed E-state index contributed by atoms with van der Waals surface area (Å²) in [6, 6.07) is 13.3. The molecule has 2 aromatic heterocycles. The maximum absolute atomic E-state index is 13.7. The number of rotatable bonds is 4. The zero-order valence-corrected chi connectivity index (χ0v) is 11.6. The van der Waals surface area contributed by atoms with E-state index in [0.29, 0.717) is 29.2 Å². The second kappa shape index (κ2) is 6.17. The first-order valence-corrected chi connectivity index (χ1v) is 6.73. The lowest BCUT2D eigenvalue weighted by atomic mass is 10.1. The fourth-order valence-electron chi connectivity index (χ4n) is 2.02. The zero-order valence-electron chi connectivity index (χ0n) is 11.6. The van der Waals surface area contributed by atoms with Gasteiger partial charge in [-0.3, -0.25) is 4.79 Å². The number of hydrogen-bond donors (Lipinski definition) is 2.